The molecule has 0 aliphatic carbocycles. The lowest BCUT2D eigenvalue weighted by Gasteiger charge is -2.05. The minimum Gasteiger partial charge on any atom is -0.481 e. The molecule has 1 unspecified atom stereocenters. The summed E-state index contributed by atoms with van der Waals surface area (Å²) in [4.78, 5) is 26.3. The minimum atomic E-state index is -1.05. The summed E-state index contributed by atoms with van der Waals surface area (Å²) in [5, 5.41) is 9.08. The molecule has 0 aliphatic rings. The third kappa shape index (κ3) is 2.65. The van der Waals surface area contributed by atoms with Gasteiger partial charge in [0.1, 0.15) is 10.9 Å². The molecule has 1 N–H and O–H groups in total. The van der Waals surface area contributed by atoms with Crippen molar-refractivity contribution in [2.24, 2.45) is 0 Å². The molecule has 17 heavy (non-hydrogen) atoms. The molecule has 0 saturated carbocycles. The van der Waals surface area contributed by atoms with E-state index in [2.05, 4.69) is 17.6 Å². The molecule has 0 fully saturated rings. The highest BCUT2D eigenvalue weighted by atomic mass is 32.1. The first kappa shape index (κ1) is 12.1. The predicted molar refractivity (Wildman–Crippen MR) is 68.6 cm³/mol. The highest BCUT2D eigenvalue weighted by molar-refractivity contribution is 7.96. The van der Waals surface area contributed by atoms with Crippen molar-refractivity contribution in [3.8, 4) is 0 Å². The van der Waals surface area contributed by atoms with Gasteiger partial charge in [-0.1, -0.05) is 12.1 Å². The Hall–Kier alpha value is -1.40. The normalized spacial score (nSPS) is 12.5. The van der Waals surface area contributed by atoms with E-state index in [1.807, 2.05) is 24.3 Å². The summed E-state index contributed by atoms with van der Waals surface area (Å²) in [6.45, 7) is 0. The van der Waals surface area contributed by atoms with Gasteiger partial charge in [-0.05, 0) is 12.1 Å². The van der Waals surface area contributed by atoms with E-state index in [1.54, 1.807) is 0 Å². The number of hydrogen-bond donors (Lipinski definition) is 2. The summed E-state index contributed by atoms with van der Waals surface area (Å²) >= 11 is 4.92. The number of rotatable bonds is 4. The Morgan fingerprint density at radius 2 is 2.12 bits per heavy atom. The monoisotopic (exact) mass is 267 g/mol. The summed E-state index contributed by atoms with van der Waals surface area (Å²) < 4.78 is 0.917. The van der Waals surface area contributed by atoms with Crippen LogP contribution >= 0.6 is 24.0 Å². The molecular formula is C11H9NO3S2. The van der Waals surface area contributed by atoms with Crippen LogP contribution in [0.1, 0.15) is 17.3 Å². The van der Waals surface area contributed by atoms with Crippen LogP contribution in [-0.4, -0.2) is 21.2 Å². The molecule has 88 valence electrons. The van der Waals surface area contributed by atoms with Crippen molar-refractivity contribution in [3.05, 3.63) is 29.3 Å². The Morgan fingerprint density at radius 1 is 1.41 bits per heavy atom. The van der Waals surface area contributed by atoms with E-state index in [0.29, 0.717) is 5.01 Å². The molecule has 0 bridgehead atoms. The fourth-order valence-electron chi connectivity index (χ4n) is 1.49. The van der Waals surface area contributed by atoms with Crippen LogP contribution in [-0.2, 0) is 9.59 Å². The molecule has 0 aliphatic heterocycles. The number of benzene rings is 1. The lowest BCUT2D eigenvalue weighted by Crippen LogP contribution is -2.13. The van der Waals surface area contributed by atoms with Crippen molar-refractivity contribution in [3.63, 3.8) is 0 Å². The molecule has 1 aromatic carbocycles. The van der Waals surface area contributed by atoms with Gasteiger partial charge in [-0.3, -0.25) is 9.59 Å². The standard InChI is InChI=1S/C11H9NO3S2/c13-9(16)5-6(11(14)15)10-12-7-3-1-2-4-8(7)17-10/h1-4,6H,5H2,(H,13,16)(H,14,15). The highest BCUT2D eigenvalue weighted by Crippen LogP contribution is 2.29. The zero-order chi connectivity index (χ0) is 12.4. The predicted octanol–water partition coefficient (Wildman–Crippen LogP) is 2.31. The molecule has 4 nitrogen and oxygen atoms in total. The van der Waals surface area contributed by atoms with Crippen molar-refractivity contribution in [1.82, 2.24) is 4.98 Å². The van der Waals surface area contributed by atoms with Crippen molar-refractivity contribution in [2.75, 3.05) is 0 Å². The Labute approximate surface area is 107 Å². The lowest BCUT2D eigenvalue weighted by atomic mass is 10.1. The molecule has 0 radical (unpaired) electrons. The summed E-state index contributed by atoms with van der Waals surface area (Å²) in [5.41, 5.74) is 0.755. The van der Waals surface area contributed by atoms with Crippen molar-refractivity contribution in [2.45, 2.75) is 12.3 Å². The fourth-order valence-corrected chi connectivity index (χ4v) is 2.74. The molecule has 0 spiro atoms. The van der Waals surface area contributed by atoms with E-state index in [-0.39, 0.29) is 6.42 Å². The number of thiazole rings is 1. The number of aliphatic carboxylic acids is 1. The second kappa shape index (κ2) is 4.85. The van der Waals surface area contributed by atoms with Crippen LogP contribution in [0.15, 0.2) is 24.3 Å². The third-order valence-corrected chi connectivity index (χ3v) is 3.62. The fraction of sp³-hybridized carbons (Fsp3) is 0.182. The van der Waals surface area contributed by atoms with E-state index < -0.39 is 17.0 Å². The number of nitrogens with zero attached hydrogens (tertiary/aromatic N) is 1. The molecule has 1 aromatic heterocycles. The Kier molecular flexibility index (Phi) is 3.44. The van der Waals surface area contributed by atoms with Crippen LogP contribution < -0.4 is 0 Å². The maximum absolute atomic E-state index is 11.1. The molecular weight excluding hydrogens is 258 g/mol. The van der Waals surface area contributed by atoms with Gasteiger partial charge in [0.15, 0.2) is 5.12 Å². The van der Waals surface area contributed by atoms with Gasteiger partial charge < -0.3 is 5.11 Å². The number of para-hydroxylation sites is 1. The maximum Gasteiger partial charge on any atom is 0.313 e. The number of aromatic nitrogens is 1. The number of fused-ring (bicyclic) bond motifs is 1. The average Bonchev–Trinajstić information content (AvgIpc) is 2.68. The quantitative estimate of drug-likeness (QED) is 0.834. The number of carboxylic acid groups (broad SMARTS) is 1. The van der Waals surface area contributed by atoms with E-state index in [9.17, 15) is 9.59 Å². The van der Waals surface area contributed by atoms with Gasteiger partial charge in [-0.15, -0.1) is 24.0 Å². The third-order valence-electron chi connectivity index (χ3n) is 2.29. The second-order valence-corrected chi connectivity index (χ2v) is 5.07. The van der Waals surface area contributed by atoms with Crippen LogP contribution in [0, 0.1) is 0 Å². The molecule has 1 atom stereocenters. The van der Waals surface area contributed by atoms with Crippen LogP contribution in [0.2, 0.25) is 0 Å². The van der Waals surface area contributed by atoms with E-state index in [1.165, 1.54) is 11.3 Å². The summed E-state index contributed by atoms with van der Waals surface area (Å²) in [5.74, 6) is -1.95. The van der Waals surface area contributed by atoms with Gasteiger partial charge in [0.05, 0.1) is 10.2 Å². The van der Waals surface area contributed by atoms with Crippen LogP contribution in [0.3, 0.4) is 0 Å². The van der Waals surface area contributed by atoms with Gasteiger partial charge in [-0.2, -0.15) is 0 Å². The van der Waals surface area contributed by atoms with E-state index in [0.717, 1.165) is 10.2 Å². The average molecular weight is 267 g/mol. The Bertz CT molecular complexity index is 546. The first-order valence-corrected chi connectivity index (χ1v) is 6.14. The summed E-state index contributed by atoms with van der Waals surface area (Å²) in [6.07, 6.45) is -0.141. The van der Waals surface area contributed by atoms with Crippen LogP contribution in [0.5, 0.6) is 0 Å². The largest absolute Gasteiger partial charge is 0.481 e. The van der Waals surface area contributed by atoms with E-state index in [4.69, 9.17) is 5.11 Å². The topological polar surface area (TPSA) is 67.3 Å². The van der Waals surface area contributed by atoms with Gasteiger partial charge in [0.2, 0.25) is 0 Å². The number of hydrogen-bond acceptors (Lipinski definition) is 4. The van der Waals surface area contributed by atoms with Gasteiger partial charge in [-0.25, -0.2) is 4.98 Å². The molecule has 2 rings (SSSR count). The zero-order valence-electron chi connectivity index (χ0n) is 8.66. The summed E-state index contributed by atoms with van der Waals surface area (Å²) in [6, 6.07) is 7.39. The Balaban J connectivity index is 2.41. The molecule has 0 saturated heterocycles. The highest BCUT2D eigenvalue weighted by Gasteiger charge is 2.25. The second-order valence-electron chi connectivity index (χ2n) is 3.51. The van der Waals surface area contributed by atoms with Crippen LogP contribution in [0.25, 0.3) is 10.2 Å². The van der Waals surface area contributed by atoms with Crippen molar-refractivity contribution >= 4 is 45.3 Å². The Morgan fingerprint density at radius 3 is 2.71 bits per heavy atom. The first-order chi connectivity index (χ1) is 8.08. The summed E-state index contributed by atoms with van der Waals surface area (Å²) in [7, 11) is 0. The van der Waals surface area contributed by atoms with Crippen LogP contribution in [0.4, 0.5) is 0 Å². The molecule has 0 amide bonds. The minimum absolute atomic E-state index is 0.141. The maximum atomic E-state index is 11.1. The smallest absolute Gasteiger partial charge is 0.313 e. The zero-order valence-corrected chi connectivity index (χ0v) is 10.4. The number of carboxylic acids is 1. The van der Waals surface area contributed by atoms with Crippen molar-refractivity contribution < 1.29 is 14.7 Å². The van der Waals surface area contributed by atoms with Gasteiger partial charge >= 0.3 is 5.97 Å². The molecule has 1 heterocycles. The van der Waals surface area contributed by atoms with E-state index >= 15 is 0 Å². The van der Waals surface area contributed by atoms with Gasteiger partial charge in [0, 0.05) is 6.42 Å². The SMILES string of the molecule is O=C(S)CC(C(=O)O)c1nc2ccccc2s1. The molecule has 6 heteroatoms. The first-order valence-electron chi connectivity index (χ1n) is 4.88. The molecule has 2 aromatic rings. The number of thiol groups is 1. The van der Waals surface area contributed by atoms with Crippen molar-refractivity contribution in [1.29, 1.82) is 0 Å². The number of carbonyl (C=O) groups excluding carboxylic acids is 1. The van der Waals surface area contributed by atoms with Gasteiger partial charge in [0.25, 0.3) is 0 Å². The number of carbonyl (C=O) groups is 2. The lowest BCUT2D eigenvalue weighted by molar-refractivity contribution is -0.139.